The minimum Gasteiger partial charge on any atom is -0.320 e. The number of hydrogen-bond donors (Lipinski definition) is 0. The molecule has 2 unspecified atom stereocenters. The molecule has 0 aliphatic carbocycles. The van der Waals surface area contributed by atoms with Crippen molar-refractivity contribution in [1.29, 1.82) is 0 Å². The van der Waals surface area contributed by atoms with E-state index in [-0.39, 0.29) is 0 Å². The van der Waals surface area contributed by atoms with Gasteiger partial charge in [-0.1, -0.05) is 23.2 Å². The van der Waals surface area contributed by atoms with Gasteiger partial charge in [-0.05, 0) is 0 Å². The van der Waals surface area contributed by atoms with E-state index < -0.39 is 117 Å². The molecule has 0 aromatic carbocycles. The maximum absolute atomic E-state index is 14.0. The van der Waals surface area contributed by atoms with Crippen molar-refractivity contribution in [3.8, 4) is 0 Å². The molecule has 0 aliphatic heterocycles. The molecule has 32 heteroatoms. The summed E-state index contributed by atoms with van der Waals surface area (Å²) in [4.78, 5) is 0. The van der Waals surface area contributed by atoms with E-state index in [1.807, 2.05) is 0 Å². The standard InChI is InChI=1S/C17H12Cl2F24O4P2/c1-48(44,46-3-7(24,25)11(32,33)15(40,41)13(36,37)9(28,29)5(20)21)17(18,19)49(2,45)47-4-8(26,27)12(34,35)16(42,43)14(38,39)10(30,31)6(22)23/h5-6H,3-4H2,1-2H3. The molecule has 0 heterocycles. The summed E-state index contributed by atoms with van der Waals surface area (Å²) >= 11 is 10.3. The van der Waals surface area contributed by atoms with Crippen LogP contribution in [-0.4, -0.2) is 102 Å². The van der Waals surface area contributed by atoms with Crippen molar-refractivity contribution in [3.05, 3.63) is 0 Å². The third-order valence-corrected chi connectivity index (χ3v) is 14.9. The van der Waals surface area contributed by atoms with E-state index in [2.05, 4.69) is 9.05 Å². The van der Waals surface area contributed by atoms with Crippen LogP contribution in [0.3, 0.4) is 0 Å². The second kappa shape index (κ2) is 13.3. The molecule has 0 aromatic rings. The minimum atomic E-state index is -8.18. The molecule has 296 valence electrons. The van der Waals surface area contributed by atoms with Gasteiger partial charge in [-0.25, -0.2) is 17.6 Å². The number of rotatable bonds is 18. The van der Waals surface area contributed by atoms with Crippen molar-refractivity contribution in [3.63, 3.8) is 0 Å². The van der Waals surface area contributed by atoms with E-state index in [1.165, 1.54) is 0 Å². The Hall–Kier alpha value is -0.720. The first-order valence-electron chi connectivity index (χ1n) is 11.0. The monoisotopic (exact) mass is 868 g/mol. The van der Waals surface area contributed by atoms with Gasteiger partial charge in [0.05, 0.1) is 0 Å². The Labute approximate surface area is 264 Å². The summed E-state index contributed by atoms with van der Waals surface area (Å²) < 4.78 is 346. The molecule has 2 atom stereocenters. The summed E-state index contributed by atoms with van der Waals surface area (Å²) in [6, 6.07) is 0. The Bertz CT molecular complexity index is 1190. The van der Waals surface area contributed by atoms with E-state index in [9.17, 15) is 115 Å². The van der Waals surface area contributed by atoms with Crippen LogP contribution in [0.15, 0.2) is 0 Å². The smallest absolute Gasteiger partial charge is 0.320 e. The summed E-state index contributed by atoms with van der Waals surface area (Å²) in [6.07, 6.45) is -11.8. The van der Waals surface area contributed by atoms with Crippen LogP contribution >= 0.6 is 37.9 Å². The van der Waals surface area contributed by atoms with Crippen LogP contribution in [0.4, 0.5) is 105 Å². The molecule has 0 amide bonds. The maximum atomic E-state index is 14.0. The summed E-state index contributed by atoms with van der Waals surface area (Å²) in [7, 11) is -12.6. The SMILES string of the molecule is CP(=O)(OCC(F)(F)C(F)(F)C(F)(F)C(F)(F)C(F)(F)C(F)F)C(Cl)(Cl)P(C)(=O)OCC(F)(F)C(F)(F)C(F)(F)C(F)(F)C(F)(F)C(F)F. The van der Waals surface area contributed by atoms with Crippen LogP contribution in [0.25, 0.3) is 0 Å². The van der Waals surface area contributed by atoms with Crippen LogP contribution < -0.4 is 0 Å². The lowest BCUT2D eigenvalue weighted by atomic mass is 9.95. The van der Waals surface area contributed by atoms with Gasteiger partial charge in [0.15, 0.2) is 0 Å². The van der Waals surface area contributed by atoms with Gasteiger partial charge < -0.3 is 9.05 Å². The molecule has 0 saturated heterocycles. The molecule has 0 rings (SSSR count). The minimum absolute atomic E-state index is 0.438. The third kappa shape index (κ3) is 7.29. The normalized spacial score (nSPS) is 18.6. The fourth-order valence-electron chi connectivity index (χ4n) is 2.62. The van der Waals surface area contributed by atoms with Crippen molar-refractivity contribution < 1.29 is 124 Å². The van der Waals surface area contributed by atoms with E-state index in [0.29, 0.717) is 0 Å². The Balaban J connectivity index is 6.44. The molecule has 0 aliphatic rings. The molecular formula is C17H12Cl2F24O4P2. The molecule has 0 bridgehead atoms. The fourth-order valence-corrected chi connectivity index (χ4v) is 7.32. The van der Waals surface area contributed by atoms with E-state index in [0.717, 1.165) is 0 Å². The fraction of sp³-hybridized carbons (Fsp3) is 1.00. The van der Waals surface area contributed by atoms with E-state index in [4.69, 9.17) is 23.2 Å². The highest BCUT2D eigenvalue weighted by molar-refractivity contribution is 7.83. The van der Waals surface area contributed by atoms with Crippen LogP contribution in [-0.2, 0) is 18.2 Å². The molecule has 0 radical (unpaired) electrons. The third-order valence-electron chi connectivity index (χ3n) is 5.84. The Kier molecular flexibility index (Phi) is 13.1. The van der Waals surface area contributed by atoms with Gasteiger partial charge in [0.25, 0.3) is 3.82 Å². The molecule has 49 heavy (non-hydrogen) atoms. The second-order valence-electron chi connectivity index (χ2n) is 9.45. The molecule has 4 nitrogen and oxygen atoms in total. The first-order chi connectivity index (χ1) is 20.8. The van der Waals surface area contributed by atoms with Crippen LogP contribution in [0.2, 0.25) is 0 Å². The zero-order valence-electron chi connectivity index (χ0n) is 22.4. The maximum Gasteiger partial charge on any atom is 0.384 e. The Morgan fingerprint density at radius 3 is 0.837 bits per heavy atom. The van der Waals surface area contributed by atoms with Crippen molar-refractivity contribution in [2.24, 2.45) is 0 Å². The lowest BCUT2D eigenvalue weighted by molar-refractivity contribution is -0.414. The van der Waals surface area contributed by atoms with E-state index >= 15 is 0 Å². The lowest BCUT2D eigenvalue weighted by Crippen LogP contribution is -2.69. The summed E-state index contributed by atoms with van der Waals surface area (Å²) in [5.74, 6) is -77.4. The van der Waals surface area contributed by atoms with Gasteiger partial charge in [0.2, 0.25) is 14.7 Å². The summed E-state index contributed by atoms with van der Waals surface area (Å²) in [6.45, 7) is -8.44. The molecular weight excluding hydrogens is 857 g/mol. The summed E-state index contributed by atoms with van der Waals surface area (Å²) in [5.41, 5.74) is 0. The highest BCUT2D eigenvalue weighted by Crippen LogP contribution is 2.79. The van der Waals surface area contributed by atoms with Crippen molar-refractivity contribution >= 4 is 37.9 Å². The average Bonchev–Trinajstić information content (AvgIpc) is 2.89. The average molecular weight is 869 g/mol. The Morgan fingerprint density at radius 1 is 0.449 bits per heavy atom. The van der Waals surface area contributed by atoms with Gasteiger partial charge in [-0.3, -0.25) is 9.13 Å². The molecule has 0 saturated carbocycles. The van der Waals surface area contributed by atoms with Gasteiger partial charge >= 0.3 is 72.1 Å². The topological polar surface area (TPSA) is 52.6 Å². The second-order valence-corrected chi connectivity index (χ2v) is 17.4. The van der Waals surface area contributed by atoms with E-state index in [1.54, 1.807) is 0 Å². The molecule has 0 fully saturated rings. The van der Waals surface area contributed by atoms with Crippen molar-refractivity contribution in [2.45, 2.75) is 75.9 Å². The zero-order valence-corrected chi connectivity index (χ0v) is 25.7. The highest BCUT2D eigenvalue weighted by Gasteiger charge is 2.89. The van der Waals surface area contributed by atoms with Crippen molar-refractivity contribution in [1.82, 2.24) is 0 Å². The first-order valence-corrected chi connectivity index (χ1v) is 15.9. The quantitative estimate of drug-likeness (QED) is 0.0782. The van der Waals surface area contributed by atoms with Gasteiger partial charge in [-0.15, -0.1) is 0 Å². The van der Waals surface area contributed by atoms with Crippen LogP contribution in [0.5, 0.6) is 0 Å². The van der Waals surface area contributed by atoms with Crippen molar-refractivity contribution in [2.75, 3.05) is 26.5 Å². The molecule has 0 N–H and O–H groups in total. The first kappa shape index (κ1) is 48.3. The van der Waals surface area contributed by atoms with Gasteiger partial charge in [0.1, 0.15) is 13.2 Å². The lowest BCUT2D eigenvalue weighted by Gasteiger charge is -2.40. The number of hydrogen-bond acceptors (Lipinski definition) is 4. The van der Waals surface area contributed by atoms with Gasteiger partial charge in [-0.2, -0.15) is 87.8 Å². The predicted octanol–water partition coefficient (Wildman–Crippen LogP) is 10.8. The molecule has 0 aromatic heterocycles. The highest BCUT2D eigenvalue weighted by atomic mass is 35.5. The van der Waals surface area contributed by atoms with Crippen LogP contribution in [0.1, 0.15) is 0 Å². The molecule has 0 spiro atoms. The summed E-state index contributed by atoms with van der Waals surface area (Å²) in [5, 5.41) is 0. The number of alkyl halides is 26. The number of halogens is 26. The predicted molar refractivity (Wildman–Crippen MR) is 115 cm³/mol. The van der Waals surface area contributed by atoms with Crippen LogP contribution in [0, 0.1) is 0 Å². The van der Waals surface area contributed by atoms with Gasteiger partial charge in [0, 0.05) is 13.3 Å². The largest absolute Gasteiger partial charge is 0.384 e. The Morgan fingerprint density at radius 2 is 0.653 bits per heavy atom. The zero-order chi connectivity index (χ0) is 40.5.